The lowest BCUT2D eigenvalue weighted by atomic mass is 9.95. The minimum Gasteiger partial charge on any atom is -0.507 e. The summed E-state index contributed by atoms with van der Waals surface area (Å²) in [5.74, 6) is 0.587. The third kappa shape index (κ3) is 6.98. The molecule has 1 aromatic heterocycles. The summed E-state index contributed by atoms with van der Waals surface area (Å²) in [7, 11) is 0. The van der Waals surface area contributed by atoms with Gasteiger partial charge in [0.2, 0.25) is 5.13 Å². The van der Waals surface area contributed by atoms with Gasteiger partial charge in [-0.15, -0.1) is 10.2 Å². The first-order valence-electron chi connectivity index (χ1n) is 14.9. The second-order valence-electron chi connectivity index (χ2n) is 10.5. The standard InChI is InChI=1S/C36H31N3O5S2/c1-2-3-21-43-27-19-17-25(18-20-27)32(40)30-31(26-13-10-16-29(22-26)44-28-14-8-5-9-15-28)39(34(42)33(30)41)35-37-38-36(46-35)45-23-24-11-6-4-7-12-24/h4-20,22,31,40H,2-3,21,23H2,1H3/b32-30-. The van der Waals surface area contributed by atoms with Crippen molar-refractivity contribution < 1.29 is 24.2 Å². The van der Waals surface area contributed by atoms with Gasteiger partial charge in [0.25, 0.3) is 5.78 Å². The number of aliphatic hydroxyl groups is 1. The second kappa shape index (κ2) is 14.4. The number of Topliss-reactive ketones (excluding diaryl/α,β-unsaturated/α-hetero) is 1. The Bertz CT molecular complexity index is 1840. The van der Waals surface area contributed by atoms with Crippen molar-refractivity contribution in [3.05, 3.63) is 131 Å². The average molecular weight is 650 g/mol. The summed E-state index contributed by atoms with van der Waals surface area (Å²) in [6, 6.07) is 32.3. The van der Waals surface area contributed by atoms with E-state index in [1.807, 2.05) is 60.7 Å². The molecule has 0 spiro atoms. The molecule has 232 valence electrons. The molecule has 1 atom stereocenters. The fourth-order valence-corrected chi connectivity index (χ4v) is 6.82. The van der Waals surface area contributed by atoms with Crippen LogP contribution in [0.1, 0.15) is 42.5 Å². The van der Waals surface area contributed by atoms with E-state index >= 15 is 0 Å². The van der Waals surface area contributed by atoms with Gasteiger partial charge in [-0.3, -0.25) is 14.5 Å². The first kappa shape index (κ1) is 31.1. The lowest BCUT2D eigenvalue weighted by molar-refractivity contribution is -0.132. The van der Waals surface area contributed by atoms with Gasteiger partial charge in [0.05, 0.1) is 18.2 Å². The smallest absolute Gasteiger partial charge is 0.301 e. The largest absolute Gasteiger partial charge is 0.507 e. The molecule has 0 aliphatic carbocycles. The molecule has 1 saturated heterocycles. The predicted molar refractivity (Wildman–Crippen MR) is 180 cm³/mol. The van der Waals surface area contributed by atoms with Crippen LogP contribution in [0, 0.1) is 0 Å². The number of nitrogens with zero attached hydrogens (tertiary/aromatic N) is 3. The number of rotatable bonds is 12. The van der Waals surface area contributed by atoms with Gasteiger partial charge in [-0.05, 0) is 66.1 Å². The van der Waals surface area contributed by atoms with Crippen LogP contribution in [-0.4, -0.2) is 33.6 Å². The van der Waals surface area contributed by atoms with Crippen molar-refractivity contribution in [1.29, 1.82) is 0 Å². The molecule has 1 unspecified atom stereocenters. The van der Waals surface area contributed by atoms with Crippen LogP contribution in [0.15, 0.2) is 119 Å². The van der Waals surface area contributed by atoms with Crippen LogP contribution in [-0.2, 0) is 15.3 Å². The Labute approximate surface area is 275 Å². The molecule has 0 radical (unpaired) electrons. The van der Waals surface area contributed by atoms with E-state index in [-0.39, 0.29) is 16.5 Å². The Morgan fingerprint density at radius 1 is 0.870 bits per heavy atom. The van der Waals surface area contributed by atoms with E-state index in [0.29, 0.717) is 45.1 Å². The van der Waals surface area contributed by atoms with Crippen molar-refractivity contribution in [2.45, 2.75) is 35.9 Å². The van der Waals surface area contributed by atoms with Crippen LogP contribution in [0.2, 0.25) is 0 Å². The molecule has 1 aliphatic rings. The van der Waals surface area contributed by atoms with Crippen LogP contribution in [0.25, 0.3) is 5.76 Å². The normalized spacial score (nSPS) is 15.7. The van der Waals surface area contributed by atoms with E-state index in [9.17, 15) is 14.7 Å². The number of unbranched alkanes of at least 4 members (excludes halogenated alkanes) is 1. The SMILES string of the molecule is CCCCOc1ccc(/C(O)=C2/C(=O)C(=O)N(c3nnc(SCc4ccccc4)s3)C2c2cccc(Oc3ccccc3)c2)cc1. The van der Waals surface area contributed by atoms with E-state index in [2.05, 4.69) is 17.1 Å². The number of ketones is 1. The molecule has 2 heterocycles. The highest BCUT2D eigenvalue weighted by atomic mass is 32.2. The van der Waals surface area contributed by atoms with E-state index in [0.717, 1.165) is 18.4 Å². The van der Waals surface area contributed by atoms with Gasteiger partial charge in [-0.25, -0.2) is 0 Å². The molecular formula is C36H31N3O5S2. The molecule has 1 N–H and O–H groups in total. The zero-order valence-electron chi connectivity index (χ0n) is 25.0. The van der Waals surface area contributed by atoms with Crippen molar-refractivity contribution >= 4 is 45.7 Å². The van der Waals surface area contributed by atoms with Crippen molar-refractivity contribution in [3.63, 3.8) is 0 Å². The number of carbonyl (C=O) groups is 2. The van der Waals surface area contributed by atoms with Gasteiger partial charge in [0.1, 0.15) is 23.0 Å². The van der Waals surface area contributed by atoms with E-state index in [1.165, 1.54) is 28.0 Å². The molecule has 6 rings (SSSR count). The number of anilines is 1. The number of benzene rings is 4. The van der Waals surface area contributed by atoms with Gasteiger partial charge < -0.3 is 14.6 Å². The summed E-state index contributed by atoms with van der Waals surface area (Å²) in [5, 5.41) is 20.5. The topological polar surface area (TPSA) is 102 Å². The second-order valence-corrected chi connectivity index (χ2v) is 12.7. The maximum Gasteiger partial charge on any atom is 0.301 e. The molecule has 4 aromatic carbocycles. The van der Waals surface area contributed by atoms with Crippen LogP contribution < -0.4 is 14.4 Å². The Balaban J connectivity index is 1.37. The molecule has 0 bridgehead atoms. The molecule has 8 nitrogen and oxygen atoms in total. The van der Waals surface area contributed by atoms with Crippen molar-refractivity contribution in [2.24, 2.45) is 0 Å². The van der Waals surface area contributed by atoms with E-state index in [4.69, 9.17) is 9.47 Å². The predicted octanol–water partition coefficient (Wildman–Crippen LogP) is 8.43. The summed E-state index contributed by atoms with van der Waals surface area (Å²) in [5.41, 5.74) is 2.04. The monoisotopic (exact) mass is 649 g/mol. The minimum absolute atomic E-state index is 0.0461. The maximum absolute atomic E-state index is 13.7. The number of thioether (sulfide) groups is 1. The van der Waals surface area contributed by atoms with Crippen LogP contribution in [0.4, 0.5) is 5.13 Å². The van der Waals surface area contributed by atoms with Crippen LogP contribution in [0.5, 0.6) is 17.2 Å². The quantitative estimate of drug-likeness (QED) is 0.0359. The van der Waals surface area contributed by atoms with Crippen molar-refractivity contribution in [2.75, 3.05) is 11.5 Å². The summed E-state index contributed by atoms with van der Waals surface area (Å²) in [6.45, 7) is 2.67. The Morgan fingerprint density at radius 3 is 2.33 bits per heavy atom. The number of hydrogen-bond acceptors (Lipinski definition) is 9. The van der Waals surface area contributed by atoms with Gasteiger partial charge >= 0.3 is 5.91 Å². The van der Waals surface area contributed by atoms with Gasteiger partial charge in [-0.2, -0.15) is 0 Å². The molecular weight excluding hydrogens is 619 g/mol. The number of carbonyl (C=O) groups excluding carboxylic acids is 2. The minimum atomic E-state index is -0.972. The zero-order valence-corrected chi connectivity index (χ0v) is 26.7. The summed E-state index contributed by atoms with van der Waals surface area (Å²) in [6.07, 6.45) is 1.94. The summed E-state index contributed by atoms with van der Waals surface area (Å²) >= 11 is 2.72. The number of amides is 1. The third-order valence-electron chi connectivity index (χ3n) is 7.30. The maximum atomic E-state index is 13.7. The number of aromatic nitrogens is 2. The first-order chi connectivity index (χ1) is 22.5. The molecule has 5 aromatic rings. The number of para-hydroxylation sites is 1. The highest BCUT2D eigenvalue weighted by Gasteiger charge is 2.48. The average Bonchev–Trinajstić information content (AvgIpc) is 3.66. The molecule has 46 heavy (non-hydrogen) atoms. The van der Waals surface area contributed by atoms with Crippen molar-refractivity contribution in [1.82, 2.24) is 10.2 Å². The van der Waals surface area contributed by atoms with Crippen LogP contribution in [0.3, 0.4) is 0 Å². The van der Waals surface area contributed by atoms with Gasteiger partial charge in [0, 0.05) is 11.3 Å². The van der Waals surface area contributed by atoms with E-state index in [1.54, 1.807) is 48.5 Å². The lowest BCUT2D eigenvalue weighted by Crippen LogP contribution is -2.29. The molecule has 1 fully saturated rings. The number of hydrogen-bond donors (Lipinski definition) is 1. The molecule has 0 saturated carbocycles. The zero-order chi connectivity index (χ0) is 31.9. The number of aliphatic hydroxyl groups excluding tert-OH is 1. The van der Waals surface area contributed by atoms with Gasteiger partial charge in [0.15, 0.2) is 4.34 Å². The summed E-state index contributed by atoms with van der Waals surface area (Å²) in [4.78, 5) is 28.7. The van der Waals surface area contributed by atoms with E-state index < -0.39 is 17.7 Å². The first-order valence-corrected chi connectivity index (χ1v) is 16.7. The van der Waals surface area contributed by atoms with Gasteiger partial charge in [-0.1, -0.05) is 97.1 Å². The molecule has 1 amide bonds. The Morgan fingerprint density at radius 2 is 1.59 bits per heavy atom. The highest BCUT2D eigenvalue weighted by Crippen LogP contribution is 2.45. The fraction of sp³-hybridized carbons (Fsp3) is 0.167. The van der Waals surface area contributed by atoms with Crippen molar-refractivity contribution in [3.8, 4) is 17.2 Å². The third-order valence-corrected chi connectivity index (χ3v) is 9.43. The van der Waals surface area contributed by atoms with Crippen LogP contribution >= 0.6 is 23.1 Å². The lowest BCUT2D eigenvalue weighted by Gasteiger charge is -2.23. The Kier molecular flexibility index (Phi) is 9.76. The molecule has 10 heteroatoms. The molecule has 1 aliphatic heterocycles. The Hall–Kier alpha value is -4.93. The number of ether oxygens (including phenoxy) is 2. The summed E-state index contributed by atoms with van der Waals surface area (Å²) < 4.78 is 12.5. The fourth-order valence-electron chi connectivity index (χ4n) is 4.99. The highest BCUT2D eigenvalue weighted by molar-refractivity contribution is 8.00.